The van der Waals surface area contributed by atoms with Crippen LogP contribution in [0.2, 0.25) is 0 Å². The van der Waals surface area contributed by atoms with Gasteiger partial charge in [-0.05, 0) is 31.0 Å². The number of nitrogen functional groups attached to an aromatic ring is 1. The van der Waals surface area contributed by atoms with Gasteiger partial charge in [-0.3, -0.25) is 4.79 Å². The van der Waals surface area contributed by atoms with E-state index in [0.717, 1.165) is 5.56 Å². The highest BCUT2D eigenvalue weighted by atomic mass is 35.5. The largest absolute Gasteiger partial charge is 0.399 e. The van der Waals surface area contributed by atoms with Gasteiger partial charge in [-0.2, -0.15) is 0 Å². The summed E-state index contributed by atoms with van der Waals surface area (Å²) in [5, 5.41) is 0. The van der Waals surface area contributed by atoms with Crippen molar-refractivity contribution in [3.63, 3.8) is 0 Å². The van der Waals surface area contributed by atoms with Crippen LogP contribution in [0, 0.1) is 5.82 Å². The number of hydrogen-bond acceptors (Lipinski definition) is 2. The molecule has 0 aliphatic carbocycles. The number of nitrogens with zero attached hydrogens (tertiary/aromatic N) is 1. The summed E-state index contributed by atoms with van der Waals surface area (Å²) in [6, 6.07) is 13.8. The van der Waals surface area contributed by atoms with E-state index < -0.39 is 0 Å². The Labute approximate surface area is 142 Å². The second kappa shape index (κ2) is 8.53. The minimum Gasteiger partial charge on any atom is -0.399 e. The van der Waals surface area contributed by atoms with Crippen LogP contribution < -0.4 is 5.73 Å². The van der Waals surface area contributed by atoms with Crippen LogP contribution in [0.4, 0.5) is 10.1 Å². The Balaban J connectivity index is 0.00000264. The van der Waals surface area contributed by atoms with Gasteiger partial charge < -0.3 is 10.6 Å². The molecule has 2 rings (SSSR count). The number of carbonyl (C=O) groups is 1. The Morgan fingerprint density at radius 1 is 1.17 bits per heavy atom. The van der Waals surface area contributed by atoms with Gasteiger partial charge >= 0.3 is 0 Å². The lowest BCUT2D eigenvalue weighted by Crippen LogP contribution is -2.30. The zero-order valence-corrected chi connectivity index (χ0v) is 14.1. The summed E-state index contributed by atoms with van der Waals surface area (Å²) in [6.07, 6.45) is 0.934. The molecule has 0 aromatic heterocycles. The summed E-state index contributed by atoms with van der Waals surface area (Å²) in [5.41, 5.74) is 8.06. The molecule has 0 aliphatic heterocycles. The van der Waals surface area contributed by atoms with Gasteiger partial charge in [-0.1, -0.05) is 36.4 Å². The average Bonchev–Trinajstić information content (AvgIpc) is 2.53. The lowest BCUT2D eigenvalue weighted by Gasteiger charge is -2.26. The lowest BCUT2D eigenvalue weighted by atomic mass is 10.0. The Kier molecular flexibility index (Phi) is 7.04. The Bertz CT molecular complexity index is 663. The van der Waals surface area contributed by atoms with Gasteiger partial charge in [0.25, 0.3) is 0 Å². The van der Waals surface area contributed by atoms with Crippen molar-refractivity contribution in [2.75, 3.05) is 12.8 Å². The fourth-order valence-corrected chi connectivity index (χ4v) is 2.42. The summed E-state index contributed by atoms with van der Waals surface area (Å²) >= 11 is 0. The first-order chi connectivity index (χ1) is 10.5. The number of para-hydroxylation sites is 1. The van der Waals surface area contributed by atoms with Crippen molar-refractivity contribution >= 4 is 24.0 Å². The van der Waals surface area contributed by atoms with Crippen LogP contribution in [0.5, 0.6) is 0 Å². The molecule has 0 heterocycles. The summed E-state index contributed by atoms with van der Waals surface area (Å²) in [6.45, 7) is 1.83. The van der Waals surface area contributed by atoms with E-state index in [4.69, 9.17) is 5.73 Å². The van der Waals surface area contributed by atoms with E-state index in [1.54, 1.807) is 30.1 Å². The van der Waals surface area contributed by atoms with Crippen molar-refractivity contribution in [3.05, 3.63) is 65.5 Å². The third-order valence-corrected chi connectivity index (χ3v) is 3.99. The number of hydrogen-bond donors (Lipinski definition) is 1. The Morgan fingerprint density at radius 2 is 1.78 bits per heavy atom. The highest BCUT2D eigenvalue weighted by Crippen LogP contribution is 2.22. The monoisotopic (exact) mass is 336 g/mol. The molecular formula is C18H22ClFN2O. The van der Waals surface area contributed by atoms with Crippen LogP contribution >= 0.6 is 12.4 Å². The molecule has 5 heteroatoms. The predicted octanol–water partition coefficient (Wildman–Crippen LogP) is 3.98. The highest BCUT2D eigenvalue weighted by molar-refractivity contribution is 5.85. The maximum absolute atomic E-state index is 13.8. The zero-order chi connectivity index (χ0) is 16.1. The van der Waals surface area contributed by atoms with Crippen LogP contribution in [0.15, 0.2) is 48.5 Å². The molecule has 0 saturated carbocycles. The molecular weight excluding hydrogens is 315 g/mol. The number of rotatable bonds is 5. The van der Waals surface area contributed by atoms with Gasteiger partial charge in [-0.25, -0.2) is 4.39 Å². The molecule has 1 amide bonds. The number of amides is 1. The van der Waals surface area contributed by atoms with E-state index in [1.165, 1.54) is 6.07 Å². The lowest BCUT2D eigenvalue weighted by molar-refractivity contribution is -0.131. The third-order valence-electron chi connectivity index (χ3n) is 3.99. The van der Waals surface area contributed by atoms with E-state index in [1.807, 2.05) is 31.2 Å². The van der Waals surface area contributed by atoms with Crippen LogP contribution in [0.1, 0.15) is 30.5 Å². The molecule has 124 valence electrons. The number of benzene rings is 2. The SMILES string of the molecule is CC(c1ccccc1F)N(C)C(=O)CCc1ccccc1N.Cl. The van der Waals surface area contributed by atoms with Crippen molar-refractivity contribution < 1.29 is 9.18 Å². The summed E-state index contributed by atoms with van der Waals surface area (Å²) in [5.74, 6) is -0.319. The third kappa shape index (κ3) is 4.70. The number of halogens is 2. The fourth-order valence-electron chi connectivity index (χ4n) is 2.42. The summed E-state index contributed by atoms with van der Waals surface area (Å²) in [4.78, 5) is 13.9. The van der Waals surface area contributed by atoms with E-state index in [9.17, 15) is 9.18 Å². The number of anilines is 1. The van der Waals surface area contributed by atoms with Crippen molar-refractivity contribution in [1.29, 1.82) is 0 Å². The number of nitrogens with two attached hydrogens (primary N) is 1. The molecule has 2 aromatic carbocycles. The molecule has 1 atom stereocenters. The molecule has 0 radical (unpaired) electrons. The minimum atomic E-state index is -0.304. The molecule has 23 heavy (non-hydrogen) atoms. The van der Waals surface area contributed by atoms with E-state index in [-0.39, 0.29) is 30.2 Å². The van der Waals surface area contributed by atoms with Crippen molar-refractivity contribution in [2.45, 2.75) is 25.8 Å². The molecule has 2 N–H and O–H groups in total. The molecule has 0 saturated heterocycles. The van der Waals surface area contributed by atoms with Crippen molar-refractivity contribution in [3.8, 4) is 0 Å². The second-order valence-electron chi connectivity index (χ2n) is 5.40. The first-order valence-corrected chi connectivity index (χ1v) is 7.34. The summed E-state index contributed by atoms with van der Waals surface area (Å²) < 4.78 is 13.8. The number of aryl methyl sites for hydroxylation is 1. The van der Waals surface area contributed by atoms with Gasteiger partial charge in [0.1, 0.15) is 5.82 Å². The Hall–Kier alpha value is -2.07. The quantitative estimate of drug-likeness (QED) is 0.839. The molecule has 0 aliphatic rings. The standard InChI is InChI=1S/C18H21FN2O.ClH/c1-13(15-8-4-5-9-16(15)19)21(2)18(22)12-11-14-7-3-6-10-17(14)20;/h3-10,13H,11-12,20H2,1-2H3;1H. The van der Waals surface area contributed by atoms with Crippen LogP contribution in [0.3, 0.4) is 0 Å². The van der Waals surface area contributed by atoms with Crippen LogP contribution in [-0.2, 0) is 11.2 Å². The maximum atomic E-state index is 13.8. The Morgan fingerprint density at radius 3 is 2.43 bits per heavy atom. The van der Waals surface area contributed by atoms with Gasteiger partial charge in [0, 0.05) is 24.7 Å². The summed E-state index contributed by atoms with van der Waals surface area (Å²) in [7, 11) is 1.70. The van der Waals surface area contributed by atoms with E-state index in [2.05, 4.69) is 0 Å². The highest BCUT2D eigenvalue weighted by Gasteiger charge is 2.19. The first kappa shape index (κ1) is 19.0. The molecule has 3 nitrogen and oxygen atoms in total. The maximum Gasteiger partial charge on any atom is 0.223 e. The predicted molar refractivity (Wildman–Crippen MR) is 94.0 cm³/mol. The number of carbonyl (C=O) groups excluding carboxylic acids is 1. The minimum absolute atomic E-state index is 0. The van der Waals surface area contributed by atoms with Gasteiger partial charge in [0.05, 0.1) is 6.04 Å². The fraction of sp³-hybridized carbons (Fsp3) is 0.278. The molecule has 1 unspecified atom stereocenters. The van der Waals surface area contributed by atoms with E-state index in [0.29, 0.717) is 24.1 Å². The first-order valence-electron chi connectivity index (χ1n) is 7.34. The normalized spacial score (nSPS) is 11.4. The van der Waals surface area contributed by atoms with Crippen molar-refractivity contribution in [1.82, 2.24) is 4.90 Å². The van der Waals surface area contributed by atoms with Crippen LogP contribution in [-0.4, -0.2) is 17.9 Å². The van der Waals surface area contributed by atoms with E-state index >= 15 is 0 Å². The zero-order valence-electron chi connectivity index (χ0n) is 13.3. The molecule has 0 bridgehead atoms. The molecule has 0 spiro atoms. The van der Waals surface area contributed by atoms with Gasteiger partial charge in [-0.15, -0.1) is 12.4 Å². The van der Waals surface area contributed by atoms with Crippen molar-refractivity contribution in [2.24, 2.45) is 0 Å². The van der Waals surface area contributed by atoms with Crippen LogP contribution in [0.25, 0.3) is 0 Å². The average molecular weight is 337 g/mol. The van der Waals surface area contributed by atoms with Gasteiger partial charge in [0.15, 0.2) is 0 Å². The second-order valence-corrected chi connectivity index (χ2v) is 5.40. The smallest absolute Gasteiger partial charge is 0.223 e. The topological polar surface area (TPSA) is 46.3 Å². The molecule has 0 fully saturated rings. The molecule has 2 aromatic rings. The van der Waals surface area contributed by atoms with Gasteiger partial charge in [0.2, 0.25) is 5.91 Å².